The van der Waals surface area contributed by atoms with Crippen molar-refractivity contribution in [1.29, 1.82) is 0 Å². The van der Waals surface area contributed by atoms with Crippen LogP contribution in [0.15, 0.2) is 78.9 Å². The zero-order valence-corrected chi connectivity index (χ0v) is 15.3. The standard InChI is InChI=1S/C24H22O3/c1-17(16-24(26)27)15-23(25)22-13-11-21(12-14-22)20-9-7-19(8-10-20)18-5-3-2-4-6-18/h2-14,17H,15-16H2,1H3,(H,26,27). The van der Waals surface area contributed by atoms with Crippen molar-refractivity contribution in [2.24, 2.45) is 5.92 Å². The Morgan fingerprint density at radius 3 is 1.63 bits per heavy atom. The molecule has 0 aromatic heterocycles. The highest BCUT2D eigenvalue weighted by atomic mass is 16.4. The number of hydrogen-bond donors (Lipinski definition) is 1. The molecule has 0 aliphatic rings. The first-order chi connectivity index (χ1) is 13.0. The van der Waals surface area contributed by atoms with Gasteiger partial charge in [0.1, 0.15) is 0 Å². The van der Waals surface area contributed by atoms with Crippen LogP contribution < -0.4 is 0 Å². The molecule has 136 valence electrons. The van der Waals surface area contributed by atoms with Gasteiger partial charge in [0.15, 0.2) is 5.78 Å². The molecule has 0 radical (unpaired) electrons. The monoisotopic (exact) mass is 358 g/mol. The Labute approximate surface area is 159 Å². The number of carboxylic acid groups (broad SMARTS) is 1. The van der Waals surface area contributed by atoms with Crippen LogP contribution in [0.1, 0.15) is 30.1 Å². The molecule has 3 heteroatoms. The summed E-state index contributed by atoms with van der Waals surface area (Å²) in [4.78, 5) is 23.0. The average molecular weight is 358 g/mol. The van der Waals surface area contributed by atoms with Crippen LogP contribution in [0.4, 0.5) is 0 Å². The van der Waals surface area contributed by atoms with Crippen LogP contribution in [0, 0.1) is 5.92 Å². The maximum absolute atomic E-state index is 12.3. The van der Waals surface area contributed by atoms with E-state index >= 15 is 0 Å². The smallest absolute Gasteiger partial charge is 0.303 e. The second-order valence-electron chi connectivity index (χ2n) is 6.85. The van der Waals surface area contributed by atoms with Crippen LogP contribution in [0.5, 0.6) is 0 Å². The SMILES string of the molecule is CC(CC(=O)O)CC(=O)c1ccc(-c2ccc(-c3ccccc3)cc2)cc1. The van der Waals surface area contributed by atoms with Gasteiger partial charge in [0.05, 0.1) is 0 Å². The lowest BCUT2D eigenvalue weighted by Crippen LogP contribution is -2.10. The van der Waals surface area contributed by atoms with Gasteiger partial charge in [-0.3, -0.25) is 9.59 Å². The van der Waals surface area contributed by atoms with Gasteiger partial charge in [-0.1, -0.05) is 85.8 Å². The molecule has 3 aromatic carbocycles. The summed E-state index contributed by atoms with van der Waals surface area (Å²) >= 11 is 0. The third-order valence-corrected chi connectivity index (χ3v) is 4.59. The van der Waals surface area contributed by atoms with E-state index < -0.39 is 5.97 Å². The predicted octanol–water partition coefficient (Wildman–Crippen LogP) is 5.70. The maximum atomic E-state index is 12.3. The van der Waals surface area contributed by atoms with Gasteiger partial charge in [0.2, 0.25) is 0 Å². The minimum atomic E-state index is -0.871. The molecule has 0 aliphatic heterocycles. The number of carboxylic acids is 1. The zero-order chi connectivity index (χ0) is 19.2. The molecule has 3 rings (SSSR count). The summed E-state index contributed by atoms with van der Waals surface area (Å²) < 4.78 is 0. The van der Waals surface area contributed by atoms with Gasteiger partial charge in [-0.05, 0) is 28.2 Å². The van der Waals surface area contributed by atoms with E-state index in [-0.39, 0.29) is 24.5 Å². The van der Waals surface area contributed by atoms with Crippen LogP contribution in [-0.4, -0.2) is 16.9 Å². The van der Waals surface area contributed by atoms with Crippen molar-refractivity contribution in [3.8, 4) is 22.3 Å². The fourth-order valence-corrected chi connectivity index (χ4v) is 3.14. The molecule has 0 spiro atoms. The lowest BCUT2D eigenvalue weighted by Gasteiger charge is -2.09. The number of aliphatic carboxylic acids is 1. The van der Waals surface area contributed by atoms with E-state index in [4.69, 9.17) is 5.11 Å². The maximum Gasteiger partial charge on any atom is 0.303 e. The number of carbonyl (C=O) groups excluding carboxylic acids is 1. The van der Waals surface area contributed by atoms with Crippen molar-refractivity contribution in [3.63, 3.8) is 0 Å². The first kappa shape index (κ1) is 18.6. The van der Waals surface area contributed by atoms with Crippen LogP contribution in [0.2, 0.25) is 0 Å². The Morgan fingerprint density at radius 1 is 0.704 bits per heavy atom. The van der Waals surface area contributed by atoms with E-state index in [0.717, 1.165) is 11.1 Å². The molecule has 27 heavy (non-hydrogen) atoms. The molecule has 0 saturated heterocycles. The van der Waals surface area contributed by atoms with E-state index in [9.17, 15) is 9.59 Å². The quantitative estimate of drug-likeness (QED) is 0.551. The molecule has 3 nitrogen and oxygen atoms in total. The second-order valence-corrected chi connectivity index (χ2v) is 6.85. The Kier molecular flexibility index (Phi) is 5.82. The van der Waals surface area contributed by atoms with Gasteiger partial charge < -0.3 is 5.11 Å². The van der Waals surface area contributed by atoms with Crippen molar-refractivity contribution in [1.82, 2.24) is 0 Å². The summed E-state index contributed by atoms with van der Waals surface area (Å²) in [5.41, 5.74) is 5.11. The average Bonchev–Trinajstić information content (AvgIpc) is 2.68. The largest absolute Gasteiger partial charge is 0.481 e. The summed E-state index contributed by atoms with van der Waals surface area (Å²) in [7, 11) is 0. The van der Waals surface area contributed by atoms with Crippen molar-refractivity contribution in [2.75, 3.05) is 0 Å². The molecule has 0 saturated carbocycles. The molecule has 0 heterocycles. The third kappa shape index (κ3) is 4.91. The summed E-state index contributed by atoms with van der Waals surface area (Å²) in [6.07, 6.45) is 0.259. The molecular formula is C24H22O3. The van der Waals surface area contributed by atoms with Crippen molar-refractivity contribution in [2.45, 2.75) is 19.8 Å². The first-order valence-corrected chi connectivity index (χ1v) is 9.04. The van der Waals surface area contributed by atoms with Crippen LogP contribution in [-0.2, 0) is 4.79 Å². The van der Waals surface area contributed by atoms with E-state index in [1.807, 2.05) is 42.5 Å². The summed E-state index contributed by atoms with van der Waals surface area (Å²) in [6, 6.07) is 26.1. The van der Waals surface area contributed by atoms with Gasteiger partial charge in [0, 0.05) is 18.4 Å². The highest BCUT2D eigenvalue weighted by Crippen LogP contribution is 2.25. The Morgan fingerprint density at radius 2 is 1.15 bits per heavy atom. The summed E-state index contributed by atoms with van der Waals surface area (Å²) in [6.45, 7) is 1.79. The third-order valence-electron chi connectivity index (χ3n) is 4.59. The molecule has 1 N–H and O–H groups in total. The van der Waals surface area contributed by atoms with Crippen LogP contribution in [0.3, 0.4) is 0 Å². The fourth-order valence-electron chi connectivity index (χ4n) is 3.14. The lowest BCUT2D eigenvalue weighted by molar-refractivity contribution is -0.137. The highest BCUT2D eigenvalue weighted by Gasteiger charge is 2.14. The van der Waals surface area contributed by atoms with E-state index in [2.05, 4.69) is 36.4 Å². The van der Waals surface area contributed by atoms with Crippen molar-refractivity contribution < 1.29 is 14.7 Å². The van der Waals surface area contributed by atoms with Gasteiger partial charge in [-0.2, -0.15) is 0 Å². The minimum Gasteiger partial charge on any atom is -0.481 e. The summed E-state index contributed by atoms with van der Waals surface area (Å²) in [5, 5.41) is 8.81. The van der Waals surface area contributed by atoms with Crippen molar-refractivity contribution in [3.05, 3.63) is 84.4 Å². The topological polar surface area (TPSA) is 54.4 Å². The Bertz CT molecular complexity index is 910. The second kappa shape index (κ2) is 8.45. The first-order valence-electron chi connectivity index (χ1n) is 9.04. The number of rotatable bonds is 7. The van der Waals surface area contributed by atoms with Crippen molar-refractivity contribution >= 4 is 11.8 Å². The normalized spacial score (nSPS) is 11.7. The number of Topliss-reactive ketones (excluding diaryl/α,β-unsaturated/α-hetero) is 1. The van der Waals surface area contributed by atoms with Gasteiger partial charge in [0.25, 0.3) is 0 Å². The molecule has 1 atom stereocenters. The van der Waals surface area contributed by atoms with Gasteiger partial charge in [-0.25, -0.2) is 0 Å². The van der Waals surface area contributed by atoms with Crippen LogP contribution in [0.25, 0.3) is 22.3 Å². The van der Waals surface area contributed by atoms with Crippen LogP contribution >= 0.6 is 0 Å². The Hall–Kier alpha value is -3.20. The molecule has 1 unspecified atom stereocenters. The highest BCUT2D eigenvalue weighted by molar-refractivity contribution is 5.96. The molecule has 0 amide bonds. The minimum absolute atomic E-state index is 0.0115. The lowest BCUT2D eigenvalue weighted by atomic mass is 9.95. The number of hydrogen-bond acceptors (Lipinski definition) is 2. The summed E-state index contributed by atoms with van der Waals surface area (Å²) in [5.74, 6) is -1.06. The molecule has 0 bridgehead atoms. The molecule has 3 aromatic rings. The van der Waals surface area contributed by atoms with Gasteiger partial charge >= 0.3 is 5.97 Å². The van der Waals surface area contributed by atoms with E-state index in [1.54, 1.807) is 6.92 Å². The molecule has 0 fully saturated rings. The molecular weight excluding hydrogens is 336 g/mol. The van der Waals surface area contributed by atoms with E-state index in [0.29, 0.717) is 5.56 Å². The number of carbonyl (C=O) groups is 2. The van der Waals surface area contributed by atoms with Gasteiger partial charge in [-0.15, -0.1) is 0 Å². The van der Waals surface area contributed by atoms with E-state index in [1.165, 1.54) is 11.1 Å². The number of ketones is 1. The Balaban J connectivity index is 1.70. The molecule has 0 aliphatic carbocycles. The number of benzene rings is 3. The zero-order valence-electron chi connectivity index (χ0n) is 15.3. The predicted molar refractivity (Wildman–Crippen MR) is 108 cm³/mol. The fraction of sp³-hybridized carbons (Fsp3) is 0.167.